The lowest BCUT2D eigenvalue weighted by molar-refractivity contribution is 0.286. The van der Waals surface area contributed by atoms with Crippen LogP contribution in [-0.2, 0) is 10.2 Å². The second kappa shape index (κ2) is 6.68. The van der Waals surface area contributed by atoms with E-state index >= 15 is 0 Å². The van der Waals surface area contributed by atoms with E-state index in [1.165, 1.54) is 0 Å². The van der Waals surface area contributed by atoms with E-state index in [1.54, 1.807) is 4.31 Å². The summed E-state index contributed by atoms with van der Waals surface area (Å²) in [4.78, 5) is 0. The second-order valence-corrected chi connectivity index (χ2v) is 6.61. The Kier molecular flexibility index (Phi) is 5.85. The summed E-state index contributed by atoms with van der Waals surface area (Å²) >= 11 is 0. The van der Waals surface area contributed by atoms with Gasteiger partial charge >= 0.3 is 0 Å². The van der Waals surface area contributed by atoms with Crippen LogP contribution in [-0.4, -0.2) is 44.4 Å². The molecule has 1 heterocycles. The molecule has 0 atom stereocenters. The van der Waals surface area contributed by atoms with Crippen molar-refractivity contribution in [3.05, 3.63) is 0 Å². The summed E-state index contributed by atoms with van der Waals surface area (Å²) < 4.78 is 28.0. The Labute approximate surface area is 105 Å². The van der Waals surface area contributed by atoms with Crippen molar-refractivity contribution in [1.29, 1.82) is 0 Å². The molecule has 0 bridgehead atoms. The molecule has 2 N–H and O–H groups in total. The maximum Gasteiger partial charge on any atom is 0.279 e. The van der Waals surface area contributed by atoms with Crippen molar-refractivity contribution in [2.45, 2.75) is 52.1 Å². The fraction of sp³-hybridized carbons (Fsp3) is 1.00. The van der Waals surface area contributed by atoms with Crippen molar-refractivity contribution >= 4 is 10.2 Å². The minimum atomic E-state index is -3.27. The number of rotatable bonds is 6. The van der Waals surface area contributed by atoms with Crippen LogP contribution in [0.4, 0.5) is 0 Å². The average Bonchev–Trinajstić information content (AvgIpc) is 2.25. The smallest absolute Gasteiger partial charge is 0.279 e. The summed E-state index contributed by atoms with van der Waals surface area (Å²) in [7, 11) is -3.27. The first-order valence-electron chi connectivity index (χ1n) is 6.46. The third-order valence-electron chi connectivity index (χ3n) is 2.86. The summed E-state index contributed by atoms with van der Waals surface area (Å²) in [6, 6.07) is 0.427. The van der Waals surface area contributed by atoms with E-state index in [4.69, 9.17) is 0 Å². The van der Waals surface area contributed by atoms with E-state index in [0.29, 0.717) is 19.1 Å². The van der Waals surface area contributed by atoms with Crippen molar-refractivity contribution in [2.75, 3.05) is 19.6 Å². The molecule has 0 aromatic carbocycles. The van der Waals surface area contributed by atoms with Crippen molar-refractivity contribution in [3.8, 4) is 0 Å². The molecule has 0 aliphatic carbocycles. The van der Waals surface area contributed by atoms with Crippen LogP contribution >= 0.6 is 0 Å². The molecule has 0 aromatic rings. The van der Waals surface area contributed by atoms with Gasteiger partial charge in [-0.2, -0.15) is 17.4 Å². The Bertz CT molecular complexity index is 309. The van der Waals surface area contributed by atoms with Crippen LogP contribution in [0.2, 0.25) is 0 Å². The quantitative estimate of drug-likeness (QED) is 0.741. The zero-order valence-electron chi connectivity index (χ0n) is 11.1. The molecule has 0 saturated carbocycles. The van der Waals surface area contributed by atoms with Crippen molar-refractivity contribution in [2.24, 2.45) is 0 Å². The third kappa shape index (κ3) is 4.91. The predicted molar refractivity (Wildman–Crippen MR) is 70.1 cm³/mol. The molecule has 102 valence electrons. The fourth-order valence-corrected chi connectivity index (χ4v) is 3.46. The largest absolute Gasteiger partial charge is 0.314 e. The standard InChI is InChI=1S/C11H25N3O2S/c1-4-7-12-11-5-8-14(9-6-11)17(15,16)13-10(2)3/h10-13H,4-9H2,1-3H3. The van der Waals surface area contributed by atoms with Crippen LogP contribution in [0.25, 0.3) is 0 Å². The van der Waals surface area contributed by atoms with Crippen LogP contribution in [0, 0.1) is 0 Å². The van der Waals surface area contributed by atoms with Gasteiger partial charge in [0.25, 0.3) is 10.2 Å². The number of hydrogen-bond donors (Lipinski definition) is 2. The number of nitrogens with zero attached hydrogens (tertiary/aromatic N) is 1. The Balaban J connectivity index is 2.41. The Morgan fingerprint density at radius 1 is 1.29 bits per heavy atom. The second-order valence-electron chi connectivity index (χ2n) is 4.91. The van der Waals surface area contributed by atoms with Crippen LogP contribution in [0.5, 0.6) is 0 Å². The molecule has 0 unspecified atom stereocenters. The minimum absolute atomic E-state index is 0.0454. The summed E-state index contributed by atoms with van der Waals surface area (Å²) in [6.07, 6.45) is 2.92. The maximum atomic E-state index is 11.9. The molecule has 0 spiro atoms. The van der Waals surface area contributed by atoms with Gasteiger partial charge in [0.1, 0.15) is 0 Å². The zero-order chi connectivity index (χ0) is 12.9. The van der Waals surface area contributed by atoms with Gasteiger partial charge in [-0.25, -0.2) is 0 Å². The van der Waals surface area contributed by atoms with E-state index in [9.17, 15) is 8.42 Å². The molecule has 0 aromatic heterocycles. The average molecular weight is 263 g/mol. The van der Waals surface area contributed by atoms with Crippen LogP contribution in [0.15, 0.2) is 0 Å². The van der Waals surface area contributed by atoms with Gasteiger partial charge in [-0.15, -0.1) is 0 Å². The topological polar surface area (TPSA) is 61.4 Å². The van der Waals surface area contributed by atoms with Crippen molar-refractivity contribution in [3.63, 3.8) is 0 Å². The number of nitrogens with one attached hydrogen (secondary N) is 2. The molecule has 0 amide bonds. The van der Waals surface area contributed by atoms with Gasteiger partial charge in [0, 0.05) is 25.2 Å². The monoisotopic (exact) mass is 263 g/mol. The van der Waals surface area contributed by atoms with Gasteiger partial charge in [0.2, 0.25) is 0 Å². The van der Waals surface area contributed by atoms with Crippen LogP contribution in [0.1, 0.15) is 40.0 Å². The first-order valence-corrected chi connectivity index (χ1v) is 7.90. The molecule has 1 saturated heterocycles. The molecule has 17 heavy (non-hydrogen) atoms. The van der Waals surface area contributed by atoms with Gasteiger partial charge < -0.3 is 5.32 Å². The Hall–Kier alpha value is -0.170. The number of hydrogen-bond acceptors (Lipinski definition) is 3. The normalized spacial score (nSPS) is 20.0. The highest BCUT2D eigenvalue weighted by molar-refractivity contribution is 7.87. The van der Waals surface area contributed by atoms with Crippen LogP contribution < -0.4 is 10.0 Å². The van der Waals surface area contributed by atoms with Gasteiger partial charge in [0.05, 0.1) is 0 Å². The van der Waals surface area contributed by atoms with Crippen molar-refractivity contribution in [1.82, 2.24) is 14.3 Å². The molecule has 1 aliphatic rings. The molecular weight excluding hydrogens is 238 g/mol. The highest BCUT2D eigenvalue weighted by atomic mass is 32.2. The van der Waals surface area contributed by atoms with E-state index in [-0.39, 0.29) is 6.04 Å². The predicted octanol–water partition coefficient (Wildman–Crippen LogP) is 0.693. The molecule has 1 rings (SSSR count). The van der Waals surface area contributed by atoms with Crippen LogP contribution in [0.3, 0.4) is 0 Å². The molecule has 1 aliphatic heterocycles. The highest BCUT2D eigenvalue weighted by Crippen LogP contribution is 2.13. The van der Waals surface area contributed by atoms with E-state index in [0.717, 1.165) is 25.8 Å². The van der Waals surface area contributed by atoms with Gasteiger partial charge in [-0.05, 0) is 39.7 Å². The highest BCUT2D eigenvalue weighted by Gasteiger charge is 2.27. The lowest BCUT2D eigenvalue weighted by Gasteiger charge is -2.32. The Morgan fingerprint density at radius 2 is 1.88 bits per heavy atom. The lowest BCUT2D eigenvalue weighted by atomic mass is 10.1. The summed E-state index contributed by atoms with van der Waals surface area (Å²) in [6.45, 7) is 8.06. The maximum absolute atomic E-state index is 11.9. The molecule has 0 radical (unpaired) electrons. The first-order chi connectivity index (χ1) is 7.95. The summed E-state index contributed by atoms with van der Waals surface area (Å²) in [5.74, 6) is 0. The SMILES string of the molecule is CCCNC1CCN(S(=O)(=O)NC(C)C)CC1. The van der Waals surface area contributed by atoms with Gasteiger partial charge in [0.15, 0.2) is 0 Å². The third-order valence-corrected chi connectivity index (χ3v) is 4.68. The molecule has 1 fully saturated rings. The minimum Gasteiger partial charge on any atom is -0.314 e. The van der Waals surface area contributed by atoms with Gasteiger partial charge in [-0.3, -0.25) is 0 Å². The zero-order valence-corrected chi connectivity index (χ0v) is 11.9. The van der Waals surface area contributed by atoms with Gasteiger partial charge in [-0.1, -0.05) is 6.92 Å². The van der Waals surface area contributed by atoms with E-state index < -0.39 is 10.2 Å². The lowest BCUT2D eigenvalue weighted by Crippen LogP contribution is -2.50. The molecular formula is C11H25N3O2S. The van der Waals surface area contributed by atoms with Crippen molar-refractivity contribution < 1.29 is 8.42 Å². The number of piperidine rings is 1. The summed E-state index contributed by atoms with van der Waals surface area (Å²) in [5, 5.41) is 3.44. The first kappa shape index (κ1) is 14.9. The Morgan fingerprint density at radius 3 is 2.35 bits per heavy atom. The summed E-state index contributed by atoms with van der Waals surface area (Å²) in [5.41, 5.74) is 0. The molecule has 5 nitrogen and oxygen atoms in total. The molecule has 6 heteroatoms. The van der Waals surface area contributed by atoms with E-state index in [1.807, 2.05) is 13.8 Å². The fourth-order valence-electron chi connectivity index (χ4n) is 2.02. The van der Waals surface area contributed by atoms with E-state index in [2.05, 4.69) is 17.0 Å².